The van der Waals surface area contributed by atoms with Gasteiger partial charge < -0.3 is 5.32 Å². The van der Waals surface area contributed by atoms with Gasteiger partial charge in [0, 0.05) is 16.0 Å². The zero-order chi connectivity index (χ0) is 13.1. The van der Waals surface area contributed by atoms with E-state index in [0.717, 1.165) is 31.3 Å². The van der Waals surface area contributed by atoms with Gasteiger partial charge in [-0.15, -0.1) is 0 Å². The first-order valence-electron chi connectivity index (χ1n) is 5.50. The van der Waals surface area contributed by atoms with E-state index in [9.17, 15) is 0 Å². The zero-order valence-electron chi connectivity index (χ0n) is 9.81. The summed E-state index contributed by atoms with van der Waals surface area (Å²) in [4.78, 5) is 0. The second-order valence-electron chi connectivity index (χ2n) is 4.07. The molecule has 1 nitrogen and oxygen atoms in total. The van der Waals surface area contributed by atoms with Crippen molar-refractivity contribution < 1.29 is 0 Å². The Morgan fingerprint density at radius 3 is 2.50 bits per heavy atom. The van der Waals surface area contributed by atoms with Gasteiger partial charge in [0.15, 0.2) is 0 Å². The molecule has 0 saturated carbocycles. The van der Waals surface area contributed by atoms with Crippen LogP contribution in [0.1, 0.15) is 11.1 Å². The highest BCUT2D eigenvalue weighted by Gasteiger charge is 2.03. The van der Waals surface area contributed by atoms with E-state index in [1.54, 1.807) is 0 Å². The highest BCUT2D eigenvalue weighted by atomic mass is 79.9. The Kier molecular flexibility index (Phi) is 4.55. The molecule has 94 valence electrons. The van der Waals surface area contributed by atoms with Crippen LogP contribution in [0.25, 0.3) is 0 Å². The molecule has 0 amide bonds. The van der Waals surface area contributed by atoms with Crippen molar-refractivity contribution in [2.45, 2.75) is 13.5 Å². The van der Waals surface area contributed by atoms with E-state index in [1.807, 2.05) is 43.3 Å². The fourth-order valence-corrected chi connectivity index (χ4v) is 2.66. The summed E-state index contributed by atoms with van der Waals surface area (Å²) in [6.07, 6.45) is 0. The summed E-state index contributed by atoms with van der Waals surface area (Å²) in [6, 6.07) is 11.8. The molecule has 0 bridgehead atoms. The molecule has 18 heavy (non-hydrogen) atoms. The maximum Gasteiger partial charge on any atom is 0.0640 e. The minimum Gasteiger partial charge on any atom is -0.380 e. The normalized spacial score (nSPS) is 10.4. The number of benzene rings is 2. The minimum absolute atomic E-state index is 0.648. The Bertz CT molecular complexity index is 518. The molecule has 0 heterocycles. The fraction of sp³-hybridized carbons (Fsp3) is 0.143. The van der Waals surface area contributed by atoms with Gasteiger partial charge in [-0.05, 0) is 42.3 Å². The molecule has 0 aliphatic carbocycles. The molecule has 0 spiro atoms. The average Bonchev–Trinajstić information content (AvgIpc) is 2.30. The predicted molar refractivity (Wildman–Crippen MR) is 82.7 cm³/mol. The van der Waals surface area contributed by atoms with Gasteiger partial charge in [0.2, 0.25) is 0 Å². The number of nitrogens with one attached hydrogen (secondary N) is 1. The predicted octanol–water partition coefficient (Wildman–Crippen LogP) is 5.68. The first kappa shape index (κ1) is 13.7. The molecule has 1 N–H and O–H groups in total. The lowest BCUT2D eigenvalue weighted by Gasteiger charge is -2.10. The monoisotopic (exact) mass is 343 g/mol. The third kappa shape index (κ3) is 3.41. The Morgan fingerprint density at radius 1 is 1.06 bits per heavy atom. The topological polar surface area (TPSA) is 12.0 Å². The molecule has 0 aliphatic heterocycles. The van der Waals surface area contributed by atoms with Crippen molar-refractivity contribution in [2.75, 3.05) is 5.32 Å². The van der Waals surface area contributed by atoms with Gasteiger partial charge >= 0.3 is 0 Å². The average molecular weight is 345 g/mol. The Morgan fingerprint density at radius 2 is 1.83 bits per heavy atom. The van der Waals surface area contributed by atoms with E-state index >= 15 is 0 Å². The highest BCUT2D eigenvalue weighted by molar-refractivity contribution is 9.10. The van der Waals surface area contributed by atoms with Gasteiger partial charge in [0.25, 0.3) is 0 Å². The maximum absolute atomic E-state index is 6.16. The number of halogens is 3. The summed E-state index contributed by atoms with van der Waals surface area (Å²) >= 11 is 15.7. The second-order valence-corrected chi connectivity index (χ2v) is 5.80. The zero-order valence-corrected chi connectivity index (χ0v) is 12.9. The third-order valence-electron chi connectivity index (χ3n) is 2.61. The van der Waals surface area contributed by atoms with E-state index in [-0.39, 0.29) is 0 Å². The second kappa shape index (κ2) is 5.96. The van der Waals surface area contributed by atoms with Gasteiger partial charge in [-0.25, -0.2) is 0 Å². The van der Waals surface area contributed by atoms with E-state index in [4.69, 9.17) is 23.2 Å². The van der Waals surface area contributed by atoms with Crippen molar-refractivity contribution in [3.05, 3.63) is 62.0 Å². The van der Waals surface area contributed by atoms with Crippen LogP contribution in [0.3, 0.4) is 0 Å². The molecule has 0 fully saturated rings. The lowest BCUT2D eigenvalue weighted by Crippen LogP contribution is -2.00. The maximum atomic E-state index is 6.16. The molecular weight excluding hydrogens is 333 g/mol. The molecule has 2 rings (SSSR count). The molecule has 0 unspecified atom stereocenters. The SMILES string of the molecule is Cc1ccc(NCc2ccc(Br)cc2Cl)c(Cl)c1. The smallest absolute Gasteiger partial charge is 0.0640 e. The molecule has 0 aliphatic rings. The minimum atomic E-state index is 0.648. The van der Waals surface area contributed by atoms with Crippen molar-refractivity contribution >= 4 is 44.8 Å². The summed E-state index contributed by atoms with van der Waals surface area (Å²) in [5.41, 5.74) is 3.10. The number of aryl methyl sites for hydroxylation is 1. The van der Waals surface area contributed by atoms with Crippen molar-refractivity contribution in [2.24, 2.45) is 0 Å². The Hall–Kier alpha value is -0.700. The lowest BCUT2D eigenvalue weighted by atomic mass is 10.2. The van der Waals surface area contributed by atoms with Gasteiger partial charge in [0.05, 0.1) is 10.7 Å². The van der Waals surface area contributed by atoms with Gasteiger partial charge in [-0.2, -0.15) is 0 Å². The molecule has 0 saturated heterocycles. The first-order chi connectivity index (χ1) is 8.56. The molecular formula is C14H12BrCl2N. The fourth-order valence-electron chi connectivity index (χ4n) is 1.62. The number of rotatable bonds is 3. The van der Waals surface area contributed by atoms with E-state index in [2.05, 4.69) is 21.2 Å². The van der Waals surface area contributed by atoms with Crippen LogP contribution in [0.4, 0.5) is 5.69 Å². The van der Waals surface area contributed by atoms with Gasteiger partial charge in [-0.1, -0.05) is 51.3 Å². The summed E-state index contributed by atoms with van der Waals surface area (Å²) in [5, 5.41) is 4.75. The molecule has 2 aromatic carbocycles. The van der Waals surface area contributed by atoms with Crippen LogP contribution < -0.4 is 5.32 Å². The standard InChI is InChI=1S/C14H12BrCl2N/c1-9-2-5-14(13(17)6-9)18-8-10-3-4-11(15)7-12(10)16/h2-7,18H,8H2,1H3. The van der Waals surface area contributed by atoms with Crippen molar-refractivity contribution in [1.82, 2.24) is 0 Å². The summed E-state index contributed by atoms with van der Waals surface area (Å²) in [6.45, 7) is 2.66. The molecule has 0 atom stereocenters. The summed E-state index contributed by atoms with van der Waals surface area (Å²) < 4.78 is 0.976. The van der Waals surface area contributed by atoms with Gasteiger partial charge in [-0.3, -0.25) is 0 Å². The van der Waals surface area contributed by atoms with Crippen LogP contribution in [0, 0.1) is 6.92 Å². The van der Waals surface area contributed by atoms with Crippen molar-refractivity contribution in [3.8, 4) is 0 Å². The Balaban J connectivity index is 2.11. The Labute approximate surface area is 125 Å². The highest BCUT2D eigenvalue weighted by Crippen LogP contribution is 2.25. The van der Waals surface area contributed by atoms with E-state index in [0.29, 0.717) is 6.54 Å². The molecule has 0 aromatic heterocycles. The quantitative estimate of drug-likeness (QED) is 0.755. The number of hydrogen-bond donors (Lipinski definition) is 1. The van der Waals surface area contributed by atoms with Crippen LogP contribution in [0.5, 0.6) is 0 Å². The van der Waals surface area contributed by atoms with E-state index in [1.165, 1.54) is 0 Å². The van der Waals surface area contributed by atoms with Crippen molar-refractivity contribution in [3.63, 3.8) is 0 Å². The molecule has 2 aromatic rings. The summed E-state index contributed by atoms with van der Waals surface area (Å²) in [5.74, 6) is 0. The lowest BCUT2D eigenvalue weighted by molar-refractivity contribution is 1.15. The number of hydrogen-bond acceptors (Lipinski definition) is 1. The van der Waals surface area contributed by atoms with Crippen LogP contribution in [-0.4, -0.2) is 0 Å². The molecule has 4 heteroatoms. The third-order valence-corrected chi connectivity index (χ3v) is 3.77. The van der Waals surface area contributed by atoms with Crippen molar-refractivity contribution in [1.29, 1.82) is 0 Å². The van der Waals surface area contributed by atoms with Crippen LogP contribution >= 0.6 is 39.1 Å². The number of anilines is 1. The van der Waals surface area contributed by atoms with Crippen LogP contribution in [-0.2, 0) is 6.54 Å². The molecule has 0 radical (unpaired) electrons. The van der Waals surface area contributed by atoms with E-state index < -0.39 is 0 Å². The van der Waals surface area contributed by atoms with Crippen LogP contribution in [0.15, 0.2) is 40.9 Å². The van der Waals surface area contributed by atoms with Crippen LogP contribution in [0.2, 0.25) is 10.0 Å². The largest absolute Gasteiger partial charge is 0.380 e. The van der Waals surface area contributed by atoms with Gasteiger partial charge in [0.1, 0.15) is 0 Å². The first-order valence-corrected chi connectivity index (χ1v) is 7.05. The summed E-state index contributed by atoms with van der Waals surface area (Å²) in [7, 11) is 0.